The summed E-state index contributed by atoms with van der Waals surface area (Å²) < 4.78 is 0. The molecule has 9 nitrogen and oxygen atoms in total. The second-order valence-corrected chi connectivity index (χ2v) is 6.79. The maximum Gasteiger partial charge on any atom is 0.275 e. The van der Waals surface area contributed by atoms with Crippen LogP contribution in [0, 0.1) is 26.1 Å². The summed E-state index contributed by atoms with van der Waals surface area (Å²) in [6.07, 6.45) is 4.42. The molecule has 0 unspecified atom stereocenters. The summed E-state index contributed by atoms with van der Waals surface area (Å²) in [5.74, 6) is -1.85. The normalized spacial score (nSPS) is 22.1. The van der Waals surface area contributed by atoms with E-state index in [4.69, 9.17) is 0 Å². The van der Waals surface area contributed by atoms with Crippen LogP contribution >= 0.6 is 0 Å². The fourth-order valence-corrected chi connectivity index (χ4v) is 4.15. The molecule has 0 fully saturated rings. The highest BCUT2D eigenvalue weighted by atomic mass is 16.6. The minimum absolute atomic E-state index is 0.0490. The number of carbonyl (C=O) groups excluding carboxylic acids is 1. The predicted molar refractivity (Wildman–Crippen MR) is 96.9 cm³/mol. The Morgan fingerprint density at radius 1 is 1.04 bits per heavy atom. The number of non-ortho nitro benzene ring substituents is 1. The van der Waals surface area contributed by atoms with Gasteiger partial charge in [0, 0.05) is 29.7 Å². The molecule has 0 saturated carbocycles. The molecule has 1 aliphatic carbocycles. The van der Waals surface area contributed by atoms with Crippen LogP contribution < -0.4 is 10.4 Å². The van der Waals surface area contributed by atoms with E-state index in [9.17, 15) is 30.1 Å². The minimum Gasteiger partial charge on any atom is -0.545 e. The fourth-order valence-electron chi connectivity index (χ4n) is 4.15. The van der Waals surface area contributed by atoms with E-state index in [0.717, 1.165) is 5.56 Å². The highest BCUT2D eigenvalue weighted by Crippen LogP contribution is 2.53. The molecular formula is C19H14N3O6-. The van der Waals surface area contributed by atoms with Crippen molar-refractivity contribution in [3.8, 4) is 0 Å². The standard InChI is InChI=1S/C19H15N3O6/c23-19(24)14-8-9-15(22(27)28)16-12-2-1-3-13(12)17(20-18(14)16)10-4-6-11(7-5-10)21(25)26/h1-2,4-9,12-13,17,20H,3H2,(H,23,24)/p-1/t12-,13-,17-/m1/s1. The number of hydrogen-bond donors (Lipinski definition) is 1. The van der Waals surface area contributed by atoms with E-state index < -0.39 is 15.8 Å². The Kier molecular flexibility index (Phi) is 4.07. The van der Waals surface area contributed by atoms with Crippen LogP contribution in [0.1, 0.15) is 39.9 Å². The summed E-state index contributed by atoms with van der Waals surface area (Å²) in [5.41, 5.74) is 0.911. The van der Waals surface area contributed by atoms with Crippen molar-refractivity contribution in [1.29, 1.82) is 0 Å². The van der Waals surface area contributed by atoms with Gasteiger partial charge in [-0.1, -0.05) is 24.3 Å². The van der Waals surface area contributed by atoms with E-state index in [1.54, 1.807) is 12.1 Å². The molecule has 2 aromatic rings. The largest absolute Gasteiger partial charge is 0.545 e. The van der Waals surface area contributed by atoms with Crippen LogP contribution in [0.2, 0.25) is 0 Å². The average molecular weight is 380 g/mol. The van der Waals surface area contributed by atoms with Crippen LogP contribution in [-0.4, -0.2) is 15.8 Å². The summed E-state index contributed by atoms with van der Waals surface area (Å²) in [4.78, 5) is 33.0. The molecule has 142 valence electrons. The Bertz CT molecular complexity index is 1030. The zero-order valence-electron chi connectivity index (χ0n) is 14.4. The van der Waals surface area contributed by atoms with Crippen molar-refractivity contribution in [3.63, 3.8) is 0 Å². The lowest BCUT2D eigenvalue weighted by atomic mass is 9.75. The van der Waals surface area contributed by atoms with Crippen LogP contribution in [-0.2, 0) is 0 Å². The van der Waals surface area contributed by atoms with E-state index in [-0.39, 0.29) is 40.5 Å². The van der Waals surface area contributed by atoms with Gasteiger partial charge >= 0.3 is 0 Å². The zero-order valence-corrected chi connectivity index (χ0v) is 14.4. The van der Waals surface area contributed by atoms with Crippen molar-refractivity contribution in [3.05, 3.63) is 85.5 Å². The first-order valence-electron chi connectivity index (χ1n) is 8.58. The van der Waals surface area contributed by atoms with Gasteiger partial charge in [0.2, 0.25) is 0 Å². The number of anilines is 1. The number of nitro groups is 2. The monoisotopic (exact) mass is 380 g/mol. The van der Waals surface area contributed by atoms with Crippen molar-refractivity contribution >= 4 is 23.0 Å². The molecule has 4 rings (SSSR count). The van der Waals surface area contributed by atoms with Gasteiger partial charge in [-0.3, -0.25) is 20.2 Å². The van der Waals surface area contributed by atoms with Gasteiger partial charge in [-0.15, -0.1) is 0 Å². The van der Waals surface area contributed by atoms with Gasteiger partial charge in [0.1, 0.15) is 0 Å². The summed E-state index contributed by atoms with van der Waals surface area (Å²) in [6.45, 7) is 0. The van der Waals surface area contributed by atoms with Gasteiger partial charge in [0.05, 0.1) is 33.1 Å². The molecule has 9 heteroatoms. The number of carboxylic acid groups (broad SMARTS) is 1. The molecule has 2 aliphatic rings. The number of nitrogens with zero attached hydrogens (tertiary/aromatic N) is 2. The quantitative estimate of drug-likeness (QED) is 0.489. The van der Waals surface area contributed by atoms with Crippen LogP contribution in [0.15, 0.2) is 48.6 Å². The molecule has 0 saturated heterocycles. The van der Waals surface area contributed by atoms with E-state index in [2.05, 4.69) is 5.32 Å². The first kappa shape index (κ1) is 17.7. The summed E-state index contributed by atoms with van der Waals surface area (Å²) in [7, 11) is 0. The molecule has 2 aromatic carbocycles. The highest BCUT2D eigenvalue weighted by molar-refractivity contribution is 5.95. The third-order valence-corrected chi connectivity index (χ3v) is 5.38. The van der Waals surface area contributed by atoms with Crippen molar-refractivity contribution in [2.24, 2.45) is 5.92 Å². The lowest BCUT2D eigenvalue weighted by Gasteiger charge is -2.38. The third kappa shape index (κ3) is 2.68. The summed E-state index contributed by atoms with van der Waals surface area (Å²) in [5, 5.41) is 37.2. The molecule has 1 aliphatic heterocycles. The van der Waals surface area contributed by atoms with Crippen LogP contribution in [0.5, 0.6) is 0 Å². The number of nitrogens with one attached hydrogen (secondary N) is 1. The number of allylic oxidation sites excluding steroid dienone is 2. The highest BCUT2D eigenvalue weighted by Gasteiger charge is 2.42. The maximum atomic E-state index is 11.6. The average Bonchev–Trinajstić information content (AvgIpc) is 3.16. The van der Waals surface area contributed by atoms with Crippen molar-refractivity contribution in [1.82, 2.24) is 0 Å². The van der Waals surface area contributed by atoms with E-state index in [1.165, 1.54) is 24.3 Å². The molecular weight excluding hydrogens is 366 g/mol. The van der Waals surface area contributed by atoms with E-state index >= 15 is 0 Å². The zero-order chi connectivity index (χ0) is 20.0. The van der Waals surface area contributed by atoms with E-state index in [1.807, 2.05) is 12.2 Å². The Hall–Kier alpha value is -3.75. The van der Waals surface area contributed by atoms with Gasteiger partial charge in [-0.2, -0.15) is 0 Å². The maximum absolute atomic E-state index is 11.6. The van der Waals surface area contributed by atoms with Crippen molar-refractivity contribution in [2.75, 3.05) is 5.32 Å². The van der Waals surface area contributed by atoms with Crippen LogP contribution in [0.4, 0.5) is 17.1 Å². The summed E-state index contributed by atoms with van der Waals surface area (Å²) in [6, 6.07) is 8.02. The van der Waals surface area contributed by atoms with Crippen molar-refractivity contribution in [2.45, 2.75) is 18.4 Å². The first-order chi connectivity index (χ1) is 13.4. The number of rotatable bonds is 4. The number of carboxylic acids is 1. The topological polar surface area (TPSA) is 138 Å². The molecule has 0 bridgehead atoms. The molecule has 1 heterocycles. The third-order valence-electron chi connectivity index (χ3n) is 5.38. The number of fused-ring (bicyclic) bond motifs is 3. The molecule has 3 atom stereocenters. The predicted octanol–water partition coefficient (Wildman–Crippen LogP) is 2.69. The second-order valence-electron chi connectivity index (χ2n) is 6.79. The lowest BCUT2D eigenvalue weighted by molar-refractivity contribution is -0.385. The number of nitro benzene ring substituents is 2. The Labute approximate surface area is 158 Å². The first-order valence-corrected chi connectivity index (χ1v) is 8.58. The van der Waals surface area contributed by atoms with Gasteiger partial charge in [0.25, 0.3) is 11.4 Å². The molecule has 28 heavy (non-hydrogen) atoms. The van der Waals surface area contributed by atoms with Crippen molar-refractivity contribution < 1.29 is 19.7 Å². The molecule has 0 amide bonds. The van der Waals surface area contributed by atoms with Gasteiger partial charge < -0.3 is 15.2 Å². The van der Waals surface area contributed by atoms with Gasteiger partial charge in [0.15, 0.2) is 0 Å². The number of aromatic carboxylic acids is 1. The number of hydrogen-bond acceptors (Lipinski definition) is 7. The fraction of sp³-hybridized carbons (Fsp3) is 0.211. The Balaban J connectivity index is 1.86. The second kappa shape index (κ2) is 6.45. The molecule has 0 radical (unpaired) electrons. The summed E-state index contributed by atoms with van der Waals surface area (Å²) >= 11 is 0. The number of carbonyl (C=O) groups is 1. The van der Waals surface area contributed by atoms with Crippen LogP contribution in [0.25, 0.3) is 0 Å². The van der Waals surface area contributed by atoms with Gasteiger partial charge in [-0.05, 0) is 24.0 Å². The van der Waals surface area contributed by atoms with E-state index in [0.29, 0.717) is 12.0 Å². The SMILES string of the molecule is O=C([O-])c1ccc([N+](=O)[O-])c2c1N[C@H](c1ccc([N+](=O)[O-])cc1)[C@@H]1CC=C[C@@H]21. The molecule has 0 aromatic heterocycles. The Morgan fingerprint density at radius 2 is 1.75 bits per heavy atom. The Morgan fingerprint density at radius 3 is 2.36 bits per heavy atom. The number of benzene rings is 2. The van der Waals surface area contributed by atoms with Gasteiger partial charge in [-0.25, -0.2) is 0 Å². The lowest BCUT2D eigenvalue weighted by Crippen LogP contribution is -2.33. The van der Waals surface area contributed by atoms with Crippen LogP contribution in [0.3, 0.4) is 0 Å². The molecule has 1 N–H and O–H groups in total. The molecule has 0 spiro atoms. The minimum atomic E-state index is -1.43. The smallest absolute Gasteiger partial charge is 0.275 e.